The predicted octanol–water partition coefficient (Wildman–Crippen LogP) is 0.668. The Balaban J connectivity index is 0. The molecule has 0 radical (unpaired) electrons. The van der Waals surface area contributed by atoms with Crippen LogP contribution in [-0.2, 0) is 0 Å². The smallest absolute Gasteiger partial charge is 0.0192 e. The van der Waals surface area contributed by atoms with Gasteiger partial charge in [-0.05, 0) is 12.8 Å². The summed E-state index contributed by atoms with van der Waals surface area (Å²) in [6.07, 6.45) is 3.48. The molecule has 0 aromatic carbocycles. The van der Waals surface area contributed by atoms with Crippen LogP contribution in [0.15, 0.2) is 0 Å². The largest absolute Gasteiger partial charge is 0.326 e. The molecule has 9 heavy (non-hydrogen) atoms. The zero-order chi connectivity index (χ0) is 5.28. The van der Waals surface area contributed by atoms with Crippen molar-refractivity contribution in [1.29, 1.82) is 0 Å². The van der Waals surface area contributed by atoms with E-state index in [1.54, 1.807) is 0 Å². The molecule has 4 heteroatoms. The standard InChI is InChI=1S/C5H12N2.2ClH/c6-4-2-1-3-5(4)7;;/h4-5H,1-3,6-7H2;2*1H. The van der Waals surface area contributed by atoms with Gasteiger partial charge in [-0.15, -0.1) is 24.8 Å². The minimum atomic E-state index is 0. The first-order valence-electron chi connectivity index (χ1n) is 2.82. The van der Waals surface area contributed by atoms with Crippen molar-refractivity contribution >= 4 is 24.8 Å². The summed E-state index contributed by atoms with van der Waals surface area (Å²) in [6, 6.07) is 0.583. The normalized spacial score (nSPS) is 32.7. The number of hydrogen-bond acceptors (Lipinski definition) is 2. The van der Waals surface area contributed by atoms with Gasteiger partial charge in [0.25, 0.3) is 0 Å². The van der Waals surface area contributed by atoms with Crippen LogP contribution in [0.1, 0.15) is 19.3 Å². The number of rotatable bonds is 0. The van der Waals surface area contributed by atoms with Crippen LogP contribution < -0.4 is 11.5 Å². The Kier molecular flexibility index (Phi) is 7.18. The molecule has 1 aliphatic carbocycles. The molecule has 0 aliphatic heterocycles. The van der Waals surface area contributed by atoms with Crippen molar-refractivity contribution in [2.24, 2.45) is 11.5 Å². The summed E-state index contributed by atoms with van der Waals surface area (Å²) in [4.78, 5) is 0. The van der Waals surface area contributed by atoms with Crippen LogP contribution in [0.25, 0.3) is 0 Å². The summed E-state index contributed by atoms with van der Waals surface area (Å²) in [7, 11) is 0. The van der Waals surface area contributed by atoms with E-state index in [2.05, 4.69) is 0 Å². The lowest BCUT2D eigenvalue weighted by molar-refractivity contribution is 0.603. The van der Waals surface area contributed by atoms with E-state index >= 15 is 0 Å². The van der Waals surface area contributed by atoms with Gasteiger partial charge in [0.15, 0.2) is 0 Å². The minimum absolute atomic E-state index is 0. The second-order valence-electron chi connectivity index (χ2n) is 2.26. The van der Waals surface area contributed by atoms with E-state index in [0.717, 1.165) is 12.8 Å². The maximum Gasteiger partial charge on any atom is 0.0192 e. The van der Waals surface area contributed by atoms with Crippen molar-refractivity contribution in [3.05, 3.63) is 0 Å². The fraction of sp³-hybridized carbons (Fsp3) is 1.00. The highest BCUT2D eigenvalue weighted by atomic mass is 35.5. The Hall–Kier alpha value is 0.500. The number of hydrogen-bond donors (Lipinski definition) is 2. The maximum atomic E-state index is 5.55. The molecule has 1 saturated carbocycles. The summed E-state index contributed by atoms with van der Waals surface area (Å²) in [5, 5.41) is 0. The van der Waals surface area contributed by atoms with Crippen molar-refractivity contribution in [3.63, 3.8) is 0 Å². The van der Waals surface area contributed by atoms with Crippen LogP contribution in [0.2, 0.25) is 0 Å². The molecule has 0 amide bonds. The highest BCUT2D eigenvalue weighted by molar-refractivity contribution is 5.85. The maximum absolute atomic E-state index is 5.55. The van der Waals surface area contributed by atoms with Gasteiger partial charge < -0.3 is 11.5 Å². The van der Waals surface area contributed by atoms with E-state index in [9.17, 15) is 0 Å². The van der Waals surface area contributed by atoms with E-state index in [0.29, 0.717) is 12.1 Å². The minimum Gasteiger partial charge on any atom is -0.326 e. The van der Waals surface area contributed by atoms with E-state index in [4.69, 9.17) is 11.5 Å². The lowest BCUT2D eigenvalue weighted by Gasteiger charge is -2.05. The third-order valence-electron chi connectivity index (χ3n) is 1.62. The molecule has 0 saturated heterocycles. The summed E-state index contributed by atoms with van der Waals surface area (Å²) >= 11 is 0. The van der Waals surface area contributed by atoms with E-state index < -0.39 is 0 Å². The lowest BCUT2D eigenvalue weighted by atomic mass is 10.2. The Bertz CT molecular complexity index is 62.0. The summed E-state index contributed by atoms with van der Waals surface area (Å²) < 4.78 is 0. The Labute approximate surface area is 68.2 Å². The molecule has 58 valence electrons. The molecule has 2 atom stereocenters. The van der Waals surface area contributed by atoms with Crippen LogP contribution in [0, 0.1) is 0 Å². The fourth-order valence-electron chi connectivity index (χ4n) is 1.02. The van der Waals surface area contributed by atoms with Crippen LogP contribution in [0.5, 0.6) is 0 Å². The Morgan fingerprint density at radius 3 is 1.33 bits per heavy atom. The molecule has 1 rings (SSSR count). The first kappa shape index (κ1) is 12.2. The predicted molar refractivity (Wildman–Crippen MR) is 44.3 cm³/mol. The molecule has 1 aliphatic rings. The third kappa shape index (κ3) is 3.26. The lowest BCUT2D eigenvalue weighted by Crippen LogP contribution is -2.35. The van der Waals surface area contributed by atoms with Gasteiger partial charge in [-0.1, -0.05) is 6.42 Å². The zero-order valence-corrected chi connectivity index (χ0v) is 6.88. The fourth-order valence-corrected chi connectivity index (χ4v) is 1.02. The van der Waals surface area contributed by atoms with Crippen LogP contribution in [-0.4, -0.2) is 12.1 Å². The molecule has 4 N–H and O–H groups in total. The molecule has 0 spiro atoms. The zero-order valence-electron chi connectivity index (χ0n) is 5.25. The first-order chi connectivity index (χ1) is 3.30. The molecule has 0 bridgehead atoms. The van der Waals surface area contributed by atoms with Gasteiger partial charge in [0.1, 0.15) is 0 Å². The molecule has 0 aromatic heterocycles. The second-order valence-corrected chi connectivity index (χ2v) is 2.26. The molecule has 2 nitrogen and oxygen atoms in total. The van der Waals surface area contributed by atoms with Crippen LogP contribution >= 0.6 is 24.8 Å². The van der Waals surface area contributed by atoms with E-state index in [1.165, 1.54) is 6.42 Å². The van der Waals surface area contributed by atoms with Gasteiger partial charge in [-0.3, -0.25) is 0 Å². The molecule has 0 aromatic rings. The van der Waals surface area contributed by atoms with Crippen LogP contribution in [0.3, 0.4) is 0 Å². The van der Waals surface area contributed by atoms with Gasteiger partial charge in [-0.2, -0.15) is 0 Å². The monoisotopic (exact) mass is 172 g/mol. The third-order valence-corrected chi connectivity index (χ3v) is 1.62. The first-order valence-corrected chi connectivity index (χ1v) is 2.82. The molecular weight excluding hydrogens is 159 g/mol. The molecular formula is C5H14Cl2N2. The highest BCUT2D eigenvalue weighted by Gasteiger charge is 2.18. The van der Waals surface area contributed by atoms with Gasteiger partial charge in [0, 0.05) is 12.1 Å². The SMILES string of the molecule is Cl.Cl.NC1CCCC1N. The average molecular weight is 173 g/mol. The number of nitrogens with two attached hydrogens (primary N) is 2. The summed E-state index contributed by atoms with van der Waals surface area (Å²) in [6.45, 7) is 0. The average Bonchev–Trinajstić information content (AvgIpc) is 1.91. The summed E-state index contributed by atoms with van der Waals surface area (Å²) in [5.41, 5.74) is 11.1. The second kappa shape index (κ2) is 5.30. The quantitative estimate of drug-likeness (QED) is 0.565. The van der Waals surface area contributed by atoms with Gasteiger partial charge in [0.2, 0.25) is 0 Å². The van der Waals surface area contributed by atoms with Crippen molar-refractivity contribution in [2.45, 2.75) is 31.3 Å². The van der Waals surface area contributed by atoms with Crippen molar-refractivity contribution in [1.82, 2.24) is 0 Å². The Morgan fingerprint density at radius 2 is 1.22 bits per heavy atom. The topological polar surface area (TPSA) is 52.0 Å². The highest BCUT2D eigenvalue weighted by Crippen LogP contribution is 2.13. The molecule has 1 fully saturated rings. The van der Waals surface area contributed by atoms with E-state index in [1.807, 2.05) is 0 Å². The number of halogens is 2. The van der Waals surface area contributed by atoms with Gasteiger partial charge in [0.05, 0.1) is 0 Å². The summed E-state index contributed by atoms with van der Waals surface area (Å²) in [5.74, 6) is 0. The van der Waals surface area contributed by atoms with E-state index in [-0.39, 0.29) is 24.8 Å². The molecule has 2 unspecified atom stereocenters. The van der Waals surface area contributed by atoms with Gasteiger partial charge >= 0.3 is 0 Å². The van der Waals surface area contributed by atoms with Crippen LogP contribution in [0.4, 0.5) is 0 Å². The van der Waals surface area contributed by atoms with Crippen molar-refractivity contribution in [2.75, 3.05) is 0 Å². The van der Waals surface area contributed by atoms with Crippen molar-refractivity contribution in [3.8, 4) is 0 Å². The molecule has 0 heterocycles. The van der Waals surface area contributed by atoms with Gasteiger partial charge in [-0.25, -0.2) is 0 Å². The van der Waals surface area contributed by atoms with Crippen molar-refractivity contribution < 1.29 is 0 Å². The Morgan fingerprint density at radius 1 is 0.889 bits per heavy atom.